The highest BCUT2D eigenvalue weighted by Gasteiger charge is 2.12. The van der Waals surface area contributed by atoms with Crippen LogP contribution in [0.2, 0.25) is 0 Å². The lowest BCUT2D eigenvalue weighted by atomic mass is 10.1. The number of benzene rings is 2. The number of nitrogens with zero attached hydrogens (tertiary/aromatic N) is 1. The van der Waals surface area contributed by atoms with E-state index in [0.717, 1.165) is 10.8 Å². The summed E-state index contributed by atoms with van der Waals surface area (Å²) in [5, 5.41) is 4.60. The molecule has 0 atom stereocenters. The van der Waals surface area contributed by atoms with Gasteiger partial charge in [0.25, 0.3) is 0 Å². The molecular weight excluding hydrogens is 432 g/mol. The Hall–Kier alpha value is -2.97. The zero-order valence-electron chi connectivity index (χ0n) is 17.2. The minimum absolute atomic E-state index is 0.0533. The predicted molar refractivity (Wildman–Crippen MR) is 123 cm³/mol. The van der Waals surface area contributed by atoms with Crippen molar-refractivity contribution in [3.05, 3.63) is 76.3 Å². The third kappa shape index (κ3) is 6.50. The lowest BCUT2D eigenvalue weighted by Crippen LogP contribution is -2.14. The number of amides is 1. The van der Waals surface area contributed by atoms with E-state index in [-0.39, 0.29) is 18.1 Å². The van der Waals surface area contributed by atoms with Gasteiger partial charge in [0, 0.05) is 16.6 Å². The van der Waals surface area contributed by atoms with Crippen LogP contribution in [-0.4, -0.2) is 35.5 Å². The molecule has 1 N–H and O–H groups in total. The van der Waals surface area contributed by atoms with Crippen LogP contribution in [-0.2, 0) is 22.4 Å². The Morgan fingerprint density at radius 2 is 1.71 bits per heavy atom. The number of methoxy groups -OCH3 is 1. The van der Waals surface area contributed by atoms with Gasteiger partial charge in [-0.1, -0.05) is 43.0 Å². The van der Waals surface area contributed by atoms with E-state index in [4.69, 9.17) is 0 Å². The monoisotopic (exact) mass is 454 g/mol. The molecule has 0 aliphatic carbocycles. The van der Waals surface area contributed by atoms with Gasteiger partial charge in [-0.15, -0.1) is 11.3 Å². The van der Waals surface area contributed by atoms with Crippen molar-refractivity contribution in [2.24, 2.45) is 0 Å². The third-order valence-electron chi connectivity index (χ3n) is 4.47. The second kappa shape index (κ2) is 10.9. The van der Waals surface area contributed by atoms with Crippen molar-refractivity contribution in [1.82, 2.24) is 4.98 Å². The maximum absolute atomic E-state index is 12.4. The Labute approximate surface area is 189 Å². The van der Waals surface area contributed by atoms with Crippen LogP contribution in [0.5, 0.6) is 0 Å². The minimum Gasteiger partial charge on any atom is -0.465 e. The van der Waals surface area contributed by atoms with Gasteiger partial charge in [-0.25, -0.2) is 9.78 Å². The summed E-state index contributed by atoms with van der Waals surface area (Å²) in [7, 11) is 1.32. The van der Waals surface area contributed by atoms with Crippen LogP contribution in [0.25, 0.3) is 0 Å². The van der Waals surface area contributed by atoms with Crippen LogP contribution in [0.3, 0.4) is 0 Å². The first-order valence-corrected chi connectivity index (χ1v) is 11.5. The van der Waals surface area contributed by atoms with Gasteiger partial charge in [0.2, 0.25) is 5.91 Å². The largest absolute Gasteiger partial charge is 0.465 e. The molecule has 3 rings (SSSR count). The molecule has 2 aromatic carbocycles. The minimum atomic E-state index is -0.429. The van der Waals surface area contributed by atoms with Gasteiger partial charge in [0.05, 0.1) is 30.5 Å². The number of ether oxygens (including phenoxy) is 1. The summed E-state index contributed by atoms with van der Waals surface area (Å²) in [5.74, 6) is -0.281. The van der Waals surface area contributed by atoms with Crippen LogP contribution >= 0.6 is 23.1 Å². The fourth-order valence-electron chi connectivity index (χ4n) is 2.75. The number of nitrogens with one attached hydrogen (secondary N) is 1. The summed E-state index contributed by atoms with van der Waals surface area (Å²) in [4.78, 5) is 40.5. The number of thioether (sulfide) groups is 1. The van der Waals surface area contributed by atoms with Crippen LogP contribution < -0.4 is 5.32 Å². The van der Waals surface area contributed by atoms with Gasteiger partial charge in [0.1, 0.15) is 0 Å². The van der Waals surface area contributed by atoms with Crippen LogP contribution in [0.4, 0.5) is 5.69 Å². The fraction of sp³-hybridized carbons (Fsp3) is 0.217. The number of esters is 1. The number of rotatable bonds is 9. The number of aryl methyl sites for hydroxylation is 1. The molecule has 8 heteroatoms. The molecular formula is C23H22N2O4S2. The molecule has 0 unspecified atom stereocenters. The van der Waals surface area contributed by atoms with E-state index in [1.165, 1.54) is 35.8 Å². The molecule has 0 spiro atoms. The molecule has 3 aromatic rings. The fourth-order valence-corrected chi connectivity index (χ4v) is 4.49. The number of hydrogen-bond donors (Lipinski definition) is 1. The van der Waals surface area contributed by atoms with E-state index >= 15 is 0 Å². The topological polar surface area (TPSA) is 85.4 Å². The van der Waals surface area contributed by atoms with Crippen molar-refractivity contribution in [1.29, 1.82) is 0 Å². The average molecular weight is 455 g/mol. The van der Waals surface area contributed by atoms with Crippen LogP contribution in [0.15, 0.2) is 58.3 Å². The Bertz CT molecular complexity index is 1060. The summed E-state index contributed by atoms with van der Waals surface area (Å²) < 4.78 is 5.40. The first-order chi connectivity index (χ1) is 15.0. The molecule has 0 saturated carbocycles. The van der Waals surface area contributed by atoms with E-state index in [1.54, 1.807) is 24.3 Å². The Morgan fingerprint density at radius 1 is 1.03 bits per heavy atom. The Balaban J connectivity index is 1.49. The van der Waals surface area contributed by atoms with Crippen molar-refractivity contribution < 1.29 is 19.1 Å². The van der Waals surface area contributed by atoms with E-state index in [2.05, 4.69) is 22.0 Å². The number of Topliss-reactive ketones (excluding diaryl/α,β-unsaturated/α-hetero) is 1. The quantitative estimate of drug-likeness (QED) is 0.288. The first-order valence-electron chi connectivity index (χ1n) is 9.66. The van der Waals surface area contributed by atoms with Crippen molar-refractivity contribution in [2.45, 2.75) is 24.1 Å². The van der Waals surface area contributed by atoms with Gasteiger partial charge in [0.15, 0.2) is 10.1 Å². The van der Waals surface area contributed by atoms with Gasteiger partial charge < -0.3 is 10.1 Å². The summed E-state index contributed by atoms with van der Waals surface area (Å²) >= 11 is 2.79. The number of anilines is 1. The maximum Gasteiger partial charge on any atom is 0.337 e. The van der Waals surface area contributed by atoms with Crippen molar-refractivity contribution in [3.63, 3.8) is 0 Å². The summed E-state index contributed by atoms with van der Waals surface area (Å²) in [6.45, 7) is 2.08. The van der Waals surface area contributed by atoms with Gasteiger partial charge in [-0.2, -0.15) is 0 Å². The number of ketones is 1. The number of carbonyl (C=O) groups excluding carboxylic acids is 3. The Morgan fingerprint density at radius 3 is 2.35 bits per heavy atom. The number of hydrogen-bond acceptors (Lipinski definition) is 7. The molecule has 1 aromatic heterocycles. The van der Waals surface area contributed by atoms with E-state index in [0.29, 0.717) is 28.3 Å². The van der Waals surface area contributed by atoms with E-state index in [1.807, 2.05) is 29.6 Å². The normalized spacial score (nSPS) is 10.5. The average Bonchev–Trinajstić information content (AvgIpc) is 3.24. The molecule has 0 aliphatic heterocycles. The lowest BCUT2D eigenvalue weighted by molar-refractivity contribution is -0.115. The summed E-state index contributed by atoms with van der Waals surface area (Å²) in [6.07, 6.45) is 1.07. The molecule has 0 aliphatic rings. The number of carbonyl (C=O) groups is 3. The molecule has 6 nitrogen and oxygen atoms in total. The molecule has 0 bridgehead atoms. The number of thiazole rings is 1. The maximum atomic E-state index is 12.4. The van der Waals surface area contributed by atoms with Crippen molar-refractivity contribution >= 4 is 46.4 Å². The molecule has 160 valence electrons. The van der Waals surface area contributed by atoms with Gasteiger partial charge in [-0.3, -0.25) is 9.59 Å². The molecule has 1 heterocycles. The highest BCUT2D eigenvalue weighted by molar-refractivity contribution is 8.01. The first kappa shape index (κ1) is 22.7. The predicted octanol–water partition coefficient (Wildman–Crippen LogP) is 4.65. The zero-order valence-corrected chi connectivity index (χ0v) is 18.8. The smallest absolute Gasteiger partial charge is 0.337 e. The SMILES string of the molecule is CCc1ccc(C(=O)CSc2nc(CC(=O)Nc3ccc(C(=O)OC)cc3)cs2)cc1. The highest BCUT2D eigenvalue weighted by Crippen LogP contribution is 2.24. The highest BCUT2D eigenvalue weighted by atomic mass is 32.2. The van der Waals surface area contributed by atoms with Crippen LogP contribution in [0.1, 0.15) is 38.9 Å². The summed E-state index contributed by atoms with van der Waals surface area (Å²) in [6, 6.07) is 14.1. The second-order valence-corrected chi connectivity index (χ2v) is 8.74. The molecule has 31 heavy (non-hydrogen) atoms. The molecule has 1 amide bonds. The number of aromatic nitrogens is 1. The van der Waals surface area contributed by atoms with Gasteiger partial charge in [-0.05, 0) is 36.2 Å². The van der Waals surface area contributed by atoms with Crippen molar-refractivity contribution in [2.75, 3.05) is 18.2 Å². The van der Waals surface area contributed by atoms with Crippen LogP contribution in [0, 0.1) is 0 Å². The third-order valence-corrected chi connectivity index (χ3v) is 6.54. The Kier molecular flexibility index (Phi) is 7.97. The van der Waals surface area contributed by atoms with Crippen molar-refractivity contribution in [3.8, 4) is 0 Å². The molecule has 0 saturated heterocycles. The van der Waals surface area contributed by atoms with Gasteiger partial charge >= 0.3 is 5.97 Å². The summed E-state index contributed by atoms with van der Waals surface area (Å²) in [5.41, 5.74) is 3.54. The van der Waals surface area contributed by atoms with E-state index < -0.39 is 5.97 Å². The standard InChI is InChI=1S/C23H22N2O4S2/c1-3-15-4-6-16(7-5-15)20(26)14-31-23-25-19(13-30-23)12-21(27)24-18-10-8-17(9-11-18)22(28)29-2/h4-11,13H,3,12,14H2,1-2H3,(H,24,27). The zero-order chi connectivity index (χ0) is 22.2. The molecule has 0 radical (unpaired) electrons. The second-order valence-electron chi connectivity index (χ2n) is 6.66. The van der Waals surface area contributed by atoms with E-state index in [9.17, 15) is 14.4 Å². The lowest BCUT2D eigenvalue weighted by Gasteiger charge is -2.05. The molecule has 0 fully saturated rings.